The van der Waals surface area contributed by atoms with E-state index < -0.39 is 0 Å². The Labute approximate surface area is 186 Å². The molecule has 6 heteroatoms. The minimum Gasteiger partial charge on any atom is -0.464 e. The van der Waals surface area contributed by atoms with E-state index in [1.165, 1.54) is 5.56 Å². The lowest BCUT2D eigenvalue weighted by molar-refractivity contribution is -0.132. The second kappa shape index (κ2) is 11.0. The fourth-order valence-corrected chi connectivity index (χ4v) is 3.28. The van der Waals surface area contributed by atoms with Crippen molar-refractivity contribution in [2.75, 3.05) is 19.6 Å². The first-order valence-electron chi connectivity index (χ1n) is 11.0. The van der Waals surface area contributed by atoms with Crippen molar-refractivity contribution in [3.8, 4) is 0 Å². The monoisotopic (exact) mass is 427 g/mol. The molecule has 0 bridgehead atoms. The van der Waals surface area contributed by atoms with Gasteiger partial charge >= 0.3 is 6.03 Å². The first-order chi connectivity index (χ1) is 14.5. The van der Waals surface area contributed by atoms with Crippen molar-refractivity contribution < 1.29 is 14.0 Å². The lowest BCUT2D eigenvalue weighted by Crippen LogP contribution is -2.52. The van der Waals surface area contributed by atoms with E-state index in [4.69, 9.17) is 4.42 Å². The summed E-state index contributed by atoms with van der Waals surface area (Å²) >= 11 is 0. The molecule has 0 fully saturated rings. The highest BCUT2D eigenvalue weighted by molar-refractivity contribution is 5.84. The van der Waals surface area contributed by atoms with Crippen LogP contribution >= 0.6 is 0 Å². The van der Waals surface area contributed by atoms with Gasteiger partial charge < -0.3 is 19.5 Å². The molecule has 0 aliphatic heterocycles. The molecule has 0 aliphatic carbocycles. The highest BCUT2D eigenvalue weighted by atomic mass is 16.3. The summed E-state index contributed by atoms with van der Waals surface area (Å²) in [5.74, 6) is 1.73. The number of benzene rings is 1. The van der Waals surface area contributed by atoms with E-state index in [0.29, 0.717) is 19.6 Å². The summed E-state index contributed by atoms with van der Waals surface area (Å²) in [4.78, 5) is 29.5. The Kier molecular flexibility index (Phi) is 8.72. The van der Waals surface area contributed by atoms with Gasteiger partial charge in [0.05, 0.1) is 6.54 Å². The minimum atomic E-state index is -0.367. The number of hydrogen-bond donors (Lipinski definition) is 1. The molecule has 1 N–H and O–H groups in total. The summed E-state index contributed by atoms with van der Waals surface area (Å²) in [6, 6.07) is 13.7. The average molecular weight is 428 g/mol. The number of hydrogen-bond acceptors (Lipinski definition) is 3. The van der Waals surface area contributed by atoms with Gasteiger partial charge in [0.2, 0.25) is 5.91 Å². The quantitative estimate of drug-likeness (QED) is 0.635. The predicted octanol–water partition coefficient (Wildman–Crippen LogP) is 4.63. The van der Waals surface area contributed by atoms with Crippen LogP contribution in [0.25, 0.3) is 0 Å². The highest BCUT2D eigenvalue weighted by Gasteiger charge is 2.25. The van der Waals surface area contributed by atoms with E-state index in [-0.39, 0.29) is 29.9 Å². The lowest BCUT2D eigenvalue weighted by Gasteiger charge is -2.31. The molecule has 6 nitrogen and oxygen atoms in total. The van der Waals surface area contributed by atoms with Crippen LogP contribution in [0, 0.1) is 12.8 Å². The number of amides is 3. The zero-order chi connectivity index (χ0) is 23.0. The maximum Gasteiger partial charge on any atom is 0.318 e. The van der Waals surface area contributed by atoms with Crippen LogP contribution in [0.2, 0.25) is 0 Å². The maximum atomic E-state index is 13.3. The molecular weight excluding hydrogens is 390 g/mol. The first-order valence-corrected chi connectivity index (χ1v) is 11.0. The first kappa shape index (κ1) is 24.5. The summed E-state index contributed by atoms with van der Waals surface area (Å²) in [5, 5.41) is 2.98. The third kappa shape index (κ3) is 8.87. The summed E-state index contributed by atoms with van der Waals surface area (Å²) in [6.07, 6.45) is 0.741. The van der Waals surface area contributed by atoms with E-state index in [1.807, 2.05) is 71.9 Å². The van der Waals surface area contributed by atoms with E-state index in [2.05, 4.69) is 17.4 Å². The zero-order valence-electron chi connectivity index (χ0n) is 19.8. The molecule has 0 unspecified atom stereocenters. The molecule has 0 spiro atoms. The van der Waals surface area contributed by atoms with Crippen molar-refractivity contribution in [3.05, 3.63) is 59.5 Å². The number of nitrogens with zero attached hydrogens (tertiary/aromatic N) is 2. The number of urea groups is 1. The molecule has 31 heavy (non-hydrogen) atoms. The molecule has 2 aromatic rings. The van der Waals surface area contributed by atoms with Gasteiger partial charge in [0.15, 0.2) is 0 Å². The topological polar surface area (TPSA) is 65.8 Å². The van der Waals surface area contributed by atoms with Gasteiger partial charge in [-0.1, -0.05) is 44.2 Å². The Hall–Kier alpha value is -2.76. The van der Waals surface area contributed by atoms with Gasteiger partial charge in [-0.05, 0) is 57.7 Å². The fraction of sp³-hybridized carbons (Fsp3) is 0.520. The largest absolute Gasteiger partial charge is 0.464 e. The third-order valence-electron chi connectivity index (χ3n) is 4.69. The molecule has 1 aromatic heterocycles. The van der Waals surface area contributed by atoms with Crippen LogP contribution in [0.4, 0.5) is 4.79 Å². The van der Waals surface area contributed by atoms with Crippen molar-refractivity contribution in [1.82, 2.24) is 15.1 Å². The second-order valence-electron chi connectivity index (χ2n) is 9.52. The van der Waals surface area contributed by atoms with Crippen LogP contribution in [0.15, 0.2) is 46.9 Å². The molecule has 1 aromatic carbocycles. The number of nitrogens with one attached hydrogen (secondary N) is 1. The van der Waals surface area contributed by atoms with E-state index in [1.54, 1.807) is 9.80 Å². The van der Waals surface area contributed by atoms with Crippen LogP contribution in [0.5, 0.6) is 0 Å². The summed E-state index contributed by atoms with van der Waals surface area (Å²) in [5.41, 5.74) is 0.800. The van der Waals surface area contributed by atoms with Gasteiger partial charge in [0.25, 0.3) is 0 Å². The Bertz CT molecular complexity index is 837. The van der Waals surface area contributed by atoms with Crippen molar-refractivity contribution in [2.24, 2.45) is 5.92 Å². The van der Waals surface area contributed by atoms with Crippen LogP contribution in [0.1, 0.15) is 51.7 Å². The summed E-state index contributed by atoms with van der Waals surface area (Å²) < 4.78 is 5.71. The minimum absolute atomic E-state index is 0.0363. The SMILES string of the molecule is Cc1ccc(CN(CCc2ccccc2)C(=O)CN(CC(C)C)C(=O)NC(C)(C)C)o1. The normalized spacial score (nSPS) is 11.5. The molecule has 1 heterocycles. The third-order valence-corrected chi connectivity index (χ3v) is 4.69. The molecule has 0 atom stereocenters. The van der Waals surface area contributed by atoms with Gasteiger partial charge in [0, 0.05) is 18.6 Å². The van der Waals surface area contributed by atoms with Crippen molar-refractivity contribution >= 4 is 11.9 Å². The molecule has 0 saturated heterocycles. The van der Waals surface area contributed by atoms with Gasteiger partial charge in [0.1, 0.15) is 18.1 Å². The van der Waals surface area contributed by atoms with Crippen LogP contribution in [-0.4, -0.2) is 46.9 Å². The van der Waals surface area contributed by atoms with E-state index in [0.717, 1.165) is 17.9 Å². The van der Waals surface area contributed by atoms with Gasteiger partial charge in [-0.25, -0.2) is 4.79 Å². The number of carbonyl (C=O) groups excluding carboxylic acids is 2. The predicted molar refractivity (Wildman–Crippen MR) is 124 cm³/mol. The zero-order valence-corrected chi connectivity index (χ0v) is 19.8. The molecule has 0 radical (unpaired) electrons. The Morgan fingerprint density at radius 1 is 1.03 bits per heavy atom. The van der Waals surface area contributed by atoms with E-state index >= 15 is 0 Å². The Morgan fingerprint density at radius 2 is 1.71 bits per heavy atom. The van der Waals surface area contributed by atoms with Crippen LogP contribution in [0.3, 0.4) is 0 Å². The molecule has 2 rings (SSSR count). The highest BCUT2D eigenvalue weighted by Crippen LogP contribution is 2.13. The molecule has 0 saturated carbocycles. The smallest absolute Gasteiger partial charge is 0.318 e. The van der Waals surface area contributed by atoms with Crippen molar-refractivity contribution in [3.63, 3.8) is 0 Å². The summed E-state index contributed by atoms with van der Waals surface area (Å²) in [6.45, 7) is 13.3. The van der Waals surface area contributed by atoms with Gasteiger partial charge in [-0.3, -0.25) is 4.79 Å². The number of rotatable bonds is 9. The maximum absolute atomic E-state index is 13.3. The fourth-order valence-electron chi connectivity index (χ4n) is 3.28. The molecular formula is C25H37N3O3. The number of furan rings is 1. The number of carbonyl (C=O) groups is 2. The molecule has 0 aliphatic rings. The standard InChI is InChI=1S/C25H37N3O3/c1-19(2)16-28(24(30)26-25(4,5)6)18-23(29)27(17-22-13-12-20(3)31-22)15-14-21-10-8-7-9-11-21/h7-13,19H,14-18H2,1-6H3,(H,26,30). The van der Waals surface area contributed by atoms with Crippen molar-refractivity contribution in [1.29, 1.82) is 0 Å². The van der Waals surface area contributed by atoms with E-state index in [9.17, 15) is 9.59 Å². The molecule has 170 valence electrons. The van der Waals surface area contributed by atoms with Crippen LogP contribution < -0.4 is 5.32 Å². The Balaban J connectivity index is 2.14. The van der Waals surface area contributed by atoms with Crippen molar-refractivity contribution in [2.45, 2.75) is 60.0 Å². The van der Waals surface area contributed by atoms with Crippen LogP contribution in [-0.2, 0) is 17.8 Å². The lowest BCUT2D eigenvalue weighted by atomic mass is 10.1. The van der Waals surface area contributed by atoms with Gasteiger partial charge in [-0.15, -0.1) is 0 Å². The average Bonchev–Trinajstić information content (AvgIpc) is 3.08. The second-order valence-corrected chi connectivity index (χ2v) is 9.52. The molecule has 3 amide bonds. The van der Waals surface area contributed by atoms with Gasteiger partial charge in [-0.2, -0.15) is 0 Å². The Morgan fingerprint density at radius 3 is 2.26 bits per heavy atom. The summed E-state index contributed by atoms with van der Waals surface area (Å²) in [7, 11) is 0. The number of aryl methyl sites for hydroxylation is 1.